The summed E-state index contributed by atoms with van der Waals surface area (Å²) >= 11 is 0. The minimum absolute atomic E-state index is 0.548. The normalized spacial score (nSPS) is 11.7. The lowest BCUT2D eigenvalue weighted by Crippen LogP contribution is -2.07. The van der Waals surface area contributed by atoms with Crippen LogP contribution >= 0.6 is 0 Å². The SMILES string of the molecule is c1ccc(-c2ccc(-c3nc(-c4ccc(-c5ccccc5)cc4)nc(-n4c5cc6ccccc6cc5c5cccc(-c6ccc7oc8ccccc8c7c6)c54)n3)cc2)cc1. The van der Waals surface area contributed by atoms with Crippen molar-refractivity contribution in [2.75, 3.05) is 0 Å². The Morgan fingerprint density at radius 3 is 1.52 bits per heavy atom. The fourth-order valence-corrected chi connectivity index (χ4v) is 8.69. The summed E-state index contributed by atoms with van der Waals surface area (Å²) in [5, 5.41) is 6.74. The van der Waals surface area contributed by atoms with Crippen molar-refractivity contribution >= 4 is 54.5 Å². The molecule has 0 fully saturated rings. The van der Waals surface area contributed by atoms with E-state index in [4.69, 9.17) is 19.4 Å². The van der Waals surface area contributed by atoms with E-state index in [-0.39, 0.29) is 0 Å². The van der Waals surface area contributed by atoms with Crippen LogP contribution in [0.25, 0.3) is 117 Å². The van der Waals surface area contributed by atoms with Crippen molar-refractivity contribution in [3.63, 3.8) is 0 Å². The van der Waals surface area contributed by atoms with E-state index in [1.165, 1.54) is 5.39 Å². The van der Waals surface area contributed by atoms with Crippen LogP contribution in [0.5, 0.6) is 0 Å². The molecule has 0 aliphatic carbocycles. The lowest BCUT2D eigenvalue weighted by Gasteiger charge is -2.13. The quantitative estimate of drug-likeness (QED) is 0.169. The Bertz CT molecular complexity index is 3470. The number of aromatic nitrogens is 4. The summed E-state index contributed by atoms with van der Waals surface area (Å²) in [6, 6.07) is 72.3. The van der Waals surface area contributed by atoms with Gasteiger partial charge in [0, 0.05) is 38.2 Å². The van der Waals surface area contributed by atoms with E-state index in [1.807, 2.05) is 24.3 Å². The maximum Gasteiger partial charge on any atom is 0.238 e. The van der Waals surface area contributed by atoms with Crippen LogP contribution in [-0.4, -0.2) is 19.5 Å². The van der Waals surface area contributed by atoms with Crippen molar-refractivity contribution in [3.8, 4) is 62.1 Å². The molecule has 0 unspecified atom stereocenters. The monoisotopic (exact) mass is 766 g/mol. The van der Waals surface area contributed by atoms with Gasteiger partial charge in [-0.3, -0.25) is 4.57 Å². The first-order valence-corrected chi connectivity index (χ1v) is 20.2. The standard InChI is InChI=1S/C55H34N4O/c1-3-12-35(13-4-1)37-22-26-39(27-23-37)53-56-54(40-28-24-38(25-29-40)36-14-5-2-6-15-36)58-55(57-53)59-49-34-42-17-8-7-16-41(42)32-47(49)46-20-11-19-44(52(46)59)43-30-31-51-48(33-43)45-18-9-10-21-50(45)60-51/h1-34H. The molecule has 9 aromatic carbocycles. The van der Waals surface area contributed by atoms with Crippen LogP contribution in [0.1, 0.15) is 0 Å². The largest absolute Gasteiger partial charge is 0.456 e. The Balaban J connectivity index is 1.12. The van der Waals surface area contributed by atoms with Gasteiger partial charge in [0.25, 0.3) is 0 Å². The molecule has 12 rings (SSSR count). The van der Waals surface area contributed by atoms with Gasteiger partial charge >= 0.3 is 0 Å². The fraction of sp³-hybridized carbons (Fsp3) is 0. The zero-order valence-electron chi connectivity index (χ0n) is 32.3. The topological polar surface area (TPSA) is 56.7 Å². The summed E-state index contributed by atoms with van der Waals surface area (Å²) in [7, 11) is 0. The smallest absolute Gasteiger partial charge is 0.238 e. The molecule has 280 valence electrons. The molecule has 0 radical (unpaired) electrons. The van der Waals surface area contributed by atoms with Gasteiger partial charge in [-0.1, -0.05) is 176 Å². The number of benzene rings is 9. The maximum absolute atomic E-state index is 6.26. The second-order valence-electron chi connectivity index (χ2n) is 15.2. The molecule has 0 aliphatic heterocycles. The van der Waals surface area contributed by atoms with E-state index in [0.717, 1.165) is 93.6 Å². The third-order valence-corrected chi connectivity index (χ3v) is 11.7. The van der Waals surface area contributed by atoms with E-state index in [0.29, 0.717) is 17.6 Å². The van der Waals surface area contributed by atoms with Gasteiger partial charge in [-0.2, -0.15) is 9.97 Å². The van der Waals surface area contributed by atoms with Crippen molar-refractivity contribution in [1.29, 1.82) is 0 Å². The molecule has 12 aromatic rings. The third-order valence-electron chi connectivity index (χ3n) is 11.7. The lowest BCUT2D eigenvalue weighted by molar-refractivity contribution is 0.669. The second-order valence-corrected chi connectivity index (χ2v) is 15.2. The Morgan fingerprint density at radius 1 is 0.333 bits per heavy atom. The summed E-state index contributed by atoms with van der Waals surface area (Å²) in [5.41, 5.74) is 12.3. The van der Waals surface area contributed by atoms with Gasteiger partial charge in [-0.15, -0.1) is 0 Å². The van der Waals surface area contributed by atoms with Crippen LogP contribution < -0.4 is 0 Å². The summed E-state index contributed by atoms with van der Waals surface area (Å²) < 4.78 is 8.50. The van der Waals surface area contributed by atoms with E-state index >= 15 is 0 Å². The summed E-state index contributed by atoms with van der Waals surface area (Å²) in [4.78, 5) is 15.9. The number of hydrogen-bond acceptors (Lipinski definition) is 4. The van der Waals surface area contributed by atoms with Gasteiger partial charge in [0.05, 0.1) is 11.0 Å². The molecule has 0 N–H and O–H groups in total. The minimum atomic E-state index is 0.548. The first kappa shape index (κ1) is 33.9. The number of rotatable bonds is 6. The van der Waals surface area contributed by atoms with Crippen molar-refractivity contribution in [2.45, 2.75) is 0 Å². The van der Waals surface area contributed by atoms with Crippen LogP contribution in [-0.2, 0) is 0 Å². The van der Waals surface area contributed by atoms with Crippen LogP contribution in [0.4, 0.5) is 0 Å². The summed E-state index contributed by atoms with van der Waals surface area (Å²) in [5.74, 6) is 1.74. The van der Waals surface area contributed by atoms with Crippen molar-refractivity contribution in [3.05, 3.63) is 206 Å². The molecule has 5 heteroatoms. The van der Waals surface area contributed by atoms with E-state index < -0.39 is 0 Å². The Morgan fingerprint density at radius 2 is 0.850 bits per heavy atom. The number of nitrogens with zero attached hydrogens (tertiary/aromatic N) is 4. The first-order valence-electron chi connectivity index (χ1n) is 20.2. The van der Waals surface area contributed by atoms with Crippen molar-refractivity contribution in [1.82, 2.24) is 19.5 Å². The Hall–Kier alpha value is -8.15. The maximum atomic E-state index is 6.26. The zero-order valence-corrected chi connectivity index (χ0v) is 32.3. The number of hydrogen-bond donors (Lipinski definition) is 0. The van der Waals surface area contributed by atoms with E-state index in [1.54, 1.807) is 0 Å². The molecule has 0 spiro atoms. The molecule has 0 bridgehead atoms. The minimum Gasteiger partial charge on any atom is -0.456 e. The second kappa shape index (κ2) is 13.8. The average molecular weight is 767 g/mol. The molecule has 3 heterocycles. The average Bonchev–Trinajstić information content (AvgIpc) is 3.86. The highest BCUT2D eigenvalue weighted by molar-refractivity contribution is 6.17. The van der Waals surface area contributed by atoms with Crippen LogP contribution in [0.3, 0.4) is 0 Å². The molecule has 0 saturated carbocycles. The molecule has 60 heavy (non-hydrogen) atoms. The highest BCUT2D eigenvalue weighted by Gasteiger charge is 2.22. The molecule has 0 atom stereocenters. The van der Waals surface area contributed by atoms with Crippen LogP contribution in [0.15, 0.2) is 211 Å². The first-order chi connectivity index (χ1) is 29.7. The Labute approximate surface area is 345 Å². The van der Waals surface area contributed by atoms with Gasteiger partial charge in [-0.05, 0) is 68.9 Å². The van der Waals surface area contributed by atoms with Crippen LogP contribution in [0.2, 0.25) is 0 Å². The van der Waals surface area contributed by atoms with Crippen molar-refractivity contribution in [2.24, 2.45) is 0 Å². The number of para-hydroxylation sites is 2. The van der Waals surface area contributed by atoms with Crippen LogP contribution in [0, 0.1) is 0 Å². The number of fused-ring (bicyclic) bond motifs is 7. The molecule has 3 aromatic heterocycles. The van der Waals surface area contributed by atoms with Gasteiger partial charge in [0.15, 0.2) is 11.6 Å². The molecule has 5 nitrogen and oxygen atoms in total. The molecular weight excluding hydrogens is 733 g/mol. The lowest BCUT2D eigenvalue weighted by atomic mass is 9.99. The summed E-state index contributed by atoms with van der Waals surface area (Å²) in [6.45, 7) is 0. The molecule has 0 saturated heterocycles. The predicted octanol–water partition coefficient (Wildman–Crippen LogP) is 14.4. The van der Waals surface area contributed by atoms with Crippen molar-refractivity contribution < 1.29 is 4.42 Å². The van der Waals surface area contributed by atoms with Gasteiger partial charge in [0.2, 0.25) is 5.95 Å². The highest BCUT2D eigenvalue weighted by Crippen LogP contribution is 2.41. The summed E-state index contributed by atoms with van der Waals surface area (Å²) in [6.07, 6.45) is 0. The van der Waals surface area contributed by atoms with E-state index in [2.05, 4.69) is 187 Å². The molecule has 0 amide bonds. The molecular formula is C55H34N4O. The fourth-order valence-electron chi connectivity index (χ4n) is 8.69. The molecule has 0 aliphatic rings. The van der Waals surface area contributed by atoms with E-state index in [9.17, 15) is 0 Å². The third kappa shape index (κ3) is 5.67. The Kier molecular flexibility index (Phi) is 7.78. The highest BCUT2D eigenvalue weighted by atomic mass is 16.3. The van der Waals surface area contributed by atoms with Gasteiger partial charge < -0.3 is 4.42 Å². The predicted molar refractivity (Wildman–Crippen MR) is 246 cm³/mol. The van der Waals surface area contributed by atoms with Gasteiger partial charge in [0.1, 0.15) is 11.2 Å². The van der Waals surface area contributed by atoms with Gasteiger partial charge in [-0.25, -0.2) is 4.98 Å². The zero-order chi connectivity index (χ0) is 39.6. The number of furan rings is 1.